The zero-order valence-electron chi connectivity index (χ0n) is 13.9. The average molecular weight is 315 g/mol. The average Bonchev–Trinajstić information content (AvgIpc) is 2.48. The largest absolute Gasteiger partial charge is 0.405 e. The van der Waals surface area contributed by atoms with Crippen LogP contribution in [0.15, 0.2) is 60.7 Å². The van der Waals surface area contributed by atoms with E-state index in [2.05, 4.69) is 69.3 Å². The third-order valence-corrected chi connectivity index (χ3v) is 8.96. The maximum absolute atomic E-state index is 9.77. The van der Waals surface area contributed by atoms with Gasteiger partial charge in [0.15, 0.2) is 0 Å². The third kappa shape index (κ3) is 3.32. The fourth-order valence-electron chi connectivity index (χ4n) is 3.01. The fraction of sp³-hybridized carbons (Fsp3) is 0.368. The molecule has 2 rings (SSSR count). The first-order chi connectivity index (χ1) is 10.4. The lowest BCUT2D eigenvalue weighted by atomic mass is 10.2. The standard InChI is InChI=1S/C19H26O2Si/c1-16(20)15-21-22(19(2,3)4,17-11-7-5-8-12-17)18-13-9-6-10-14-18/h5-14,16,20H,15H2,1-4H3. The highest BCUT2D eigenvalue weighted by molar-refractivity contribution is 6.99. The molecule has 0 aliphatic carbocycles. The SMILES string of the molecule is CC(O)CO[Si](c1ccccc1)(c1ccccc1)C(C)(C)C. The summed E-state index contributed by atoms with van der Waals surface area (Å²) in [6.07, 6.45) is -0.471. The second-order valence-corrected chi connectivity index (χ2v) is 11.1. The Hall–Kier alpha value is -1.42. The third-order valence-electron chi connectivity index (χ3n) is 3.96. The van der Waals surface area contributed by atoms with E-state index in [-0.39, 0.29) is 5.04 Å². The van der Waals surface area contributed by atoms with Crippen molar-refractivity contribution in [2.24, 2.45) is 0 Å². The Morgan fingerprint density at radius 3 is 1.64 bits per heavy atom. The molecule has 3 heteroatoms. The van der Waals surface area contributed by atoms with E-state index in [9.17, 15) is 5.11 Å². The first kappa shape index (κ1) is 16.9. The first-order valence-electron chi connectivity index (χ1n) is 7.81. The molecule has 0 saturated carbocycles. The summed E-state index contributed by atoms with van der Waals surface area (Å²) >= 11 is 0. The zero-order chi connectivity index (χ0) is 16.2. The van der Waals surface area contributed by atoms with E-state index >= 15 is 0 Å². The molecule has 1 unspecified atom stereocenters. The van der Waals surface area contributed by atoms with Crippen molar-refractivity contribution in [3.05, 3.63) is 60.7 Å². The molecular formula is C19H26O2Si. The lowest BCUT2D eigenvalue weighted by molar-refractivity contribution is 0.117. The maximum Gasteiger partial charge on any atom is 0.261 e. The molecule has 0 aliphatic heterocycles. The fourth-order valence-corrected chi connectivity index (χ4v) is 7.65. The summed E-state index contributed by atoms with van der Waals surface area (Å²) in [6, 6.07) is 21.0. The van der Waals surface area contributed by atoms with Crippen LogP contribution in [0.5, 0.6) is 0 Å². The Balaban J connectivity index is 2.64. The summed E-state index contributed by atoms with van der Waals surface area (Å²) in [4.78, 5) is 0. The van der Waals surface area contributed by atoms with E-state index in [4.69, 9.17) is 4.43 Å². The molecule has 0 bridgehead atoms. The predicted molar refractivity (Wildman–Crippen MR) is 95.3 cm³/mol. The highest BCUT2D eigenvalue weighted by atomic mass is 28.4. The second kappa shape index (κ2) is 6.78. The molecule has 0 fully saturated rings. The van der Waals surface area contributed by atoms with Crippen LogP contribution in [0, 0.1) is 0 Å². The minimum absolute atomic E-state index is 0.0371. The van der Waals surface area contributed by atoms with Gasteiger partial charge in [0.1, 0.15) is 0 Å². The van der Waals surface area contributed by atoms with Crippen LogP contribution in [0.25, 0.3) is 0 Å². The summed E-state index contributed by atoms with van der Waals surface area (Å²) in [5.41, 5.74) is 0. The molecule has 2 aromatic rings. The normalized spacial score (nSPS) is 13.9. The molecule has 0 spiro atoms. The van der Waals surface area contributed by atoms with Crippen molar-refractivity contribution in [1.82, 2.24) is 0 Å². The topological polar surface area (TPSA) is 29.5 Å². The van der Waals surface area contributed by atoms with Crippen LogP contribution >= 0.6 is 0 Å². The molecule has 0 aliphatic rings. The Morgan fingerprint density at radius 1 is 0.909 bits per heavy atom. The van der Waals surface area contributed by atoms with Crippen molar-refractivity contribution in [3.63, 3.8) is 0 Å². The van der Waals surface area contributed by atoms with Gasteiger partial charge < -0.3 is 9.53 Å². The highest BCUT2D eigenvalue weighted by Gasteiger charge is 2.50. The zero-order valence-corrected chi connectivity index (χ0v) is 14.9. The van der Waals surface area contributed by atoms with Gasteiger partial charge >= 0.3 is 0 Å². The number of aliphatic hydroxyl groups excluding tert-OH is 1. The van der Waals surface area contributed by atoms with Gasteiger partial charge in [0, 0.05) is 0 Å². The van der Waals surface area contributed by atoms with Crippen LogP contribution in [-0.2, 0) is 4.43 Å². The Labute approximate surface area is 134 Å². The molecule has 1 N–H and O–H groups in total. The summed E-state index contributed by atoms with van der Waals surface area (Å²) in [5.74, 6) is 0. The number of rotatable bonds is 5. The quantitative estimate of drug-likeness (QED) is 0.860. The molecule has 0 heterocycles. The second-order valence-electron chi connectivity index (χ2n) is 6.82. The lowest BCUT2D eigenvalue weighted by Crippen LogP contribution is -2.67. The van der Waals surface area contributed by atoms with Crippen molar-refractivity contribution >= 4 is 18.7 Å². The molecule has 0 saturated heterocycles. The van der Waals surface area contributed by atoms with E-state index < -0.39 is 14.4 Å². The molecule has 2 aromatic carbocycles. The van der Waals surface area contributed by atoms with E-state index in [1.807, 2.05) is 12.1 Å². The number of hydrogen-bond donors (Lipinski definition) is 1. The smallest absolute Gasteiger partial charge is 0.261 e. The maximum atomic E-state index is 9.77. The molecule has 1 atom stereocenters. The van der Waals surface area contributed by atoms with Crippen molar-refractivity contribution in [1.29, 1.82) is 0 Å². The van der Waals surface area contributed by atoms with Gasteiger partial charge in [0.2, 0.25) is 0 Å². The minimum Gasteiger partial charge on any atom is -0.405 e. The van der Waals surface area contributed by atoms with Gasteiger partial charge in [-0.05, 0) is 22.3 Å². The Morgan fingerprint density at radius 2 is 1.32 bits per heavy atom. The van der Waals surface area contributed by atoms with Crippen molar-refractivity contribution in [2.45, 2.75) is 38.8 Å². The predicted octanol–water partition coefficient (Wildman–Crippen LogP) is 2.94. The Bertz CT molecular complexity index is 534. The molecule has 0 amide bonds. The number of hydrogen-bond acceptors (Lipinski definition) is 2. The number of benzene rings is 2. The summed E-state index contributed by atoms with van der Waals surface area (Å²) in [5, 5.41) is 12.2. The van der Waals surface area contributed by atoms with Crippen LogP contribution in [0.1, 0.15) is 27.7 Å². The van der Waals surface area contributed by atoms with Gasteiger partial charge in [-0.15, -0.1) is 0 Å². The van der Waals surface area contributed by atoms with Crippen LogP contribution in [0.4, 0.5) is 0 Å². The van der Waals surface area contributed by atoms with Crippen LogP contribution in [0.3, 0.4) is 0 Å². The minimum atomic E-state index is -2.47. The Kier molecular flexibility index (Phi) is 5.22. The molecule has 0 aromatic heterocycles. The number of aliphatic hydroxyl groups is 1. The summed E-state index contributed by atoms with van der Waals surface area (Å²) in [6.45, 7) is 8.84. The van der Waals surface area contributed by atoms with Gasteiger partial charge in [0.25, 0.3) is 8.32 Å². The summed E-state index contributed by atoms with van der Waals surface area (Å²) < 4.78 is 6.52. The molecule has 22 heavy (non-hydrogen) atoms. The van der Waals surface area contributed by atoms with Gasteiger partial charge in [-0.2, -0.15) is 0 Å². The van der Waals surface area contributed by atoms with E-state index in [1.165, 1.54) is 10.4 Å². The monoisotopic (exact) mass is 314 g/mol. The molecular weight excluding hydrogens is 288 g/mol. The molecule has 2 nitrogen and oxygen atoms in total. The lowest BCUT2D eigenvalue weighted by Gasteiger charge is -2.43. The van der Waals surface area contributed by atoms with Gasteiger partial charge in [-0.3, -0.25) is 0 Å². The van der Waals surface area contributed by atoms with Gasteiger partial charge in [-0.1, -0.05) is 81.4 Å². The van der Waals surface area contributed by atoms with Gasteiger partial charge in [0.05, 0.1) is 12.7 Å². The van der Waals surface area contributed by atoms with E-state index in [0.717, 1.165) is 0 Å². The first-order valence-corrected chi connectivity index (χ1v) is 9.72. The molecule has 118 valence electrons. The van der Waals surface area contributed by atoms with Crippen LogP contribution in [-0.4, -0.2) is 26.1 Å². The van der Waals surface area contributed by atoms with Crippen LogP contribution in [0.2, 0.25) is 5.04 Å². The summed E-state index contributed by atoms with van der Waals surface area (Å²) in [7, 11) is -2.47. The molecule has 0 radical (unpaired) electrons. The van der Waals surface area contributed by atoms with Crippen LogP contribution < -0.4 is 10.4 Å². The van der Waals surface area contributed by atoms with Crippen molar-refractivity contribution in [3.8, 4) is 0 Å². The van der Waals surface area contributed by atoms with Crippen molar-refractivity contribution in [2.75, 3.05) is 6.61 Å². The van der Waals surface area contributed by atoms with E-state index in [1.54, 1.807) is 6.92 Å². The van der Waals surface area contributed by atoms with Crippen molar-refractivity contribution < 1.29 is 9.53 Å². The van der Waals surface area contributed by atoms with Gasteiger partial charge in [-0.25, -0.2) is 0 Å². The van der Waals surface area contributed by atoms with E-state index in [0.29, 0.717) is 6.61 Å². The highest BCUT2D eigenvalue weighted by Crippen LogP contribution is 2.36.